The van der Waals surface area contributed by atoms with Gasteiger partial charge >= 0.3 is 5.51 Å². The summed E-state index contributed by atoms with van der Waals surface area (Å²) in [4.78, 5) is 10.9. The normalized spacial score (nSPS) is 10.4. The Morgan fingerprint density at radius 2 is 1.88 bits per heavy atom. The molecule has 0 radical (unpaired) electrons. The van der Waals surface area contributed by atoms with E-state index < -0.39 is 17.6 Å². The van der Waals surface area contributed by atoms with Crippen molar-refractivity contribution >= 4 is 17.8 Å². The predicted octanol–water partition coefficient (Wildman–Crippen LogP) is 3.38. The van der Waals surface area contributed by atoms with E-state index in [-0.39, 0.29) is 5.78 Å². The molecule has 1 aromatic rings. The number of Topliss-reactive ketones (excluding diaryl/α,β-unsaturated/α-hetero) is 1. The van der Waals surface area contributed by atoms with Crippen molar-refractivity contribution in [2.75, 3.05) is 0 Å². The highest BCUT2D eigenvalue weighted by Gasteiger charge is 2.31. The number of ketones is 1. The van der Waals surface area contributed by atoms with E-state index in [1.54, 1.807) is 12.1 Å². The van der Waals surface area contributed by atoms with E-state index in [4.69, 9.17) is 0 Å². The molecule has 1 aromatic carbocycles. The fourth-order valence-corrected chi connectivity index (χ4v) is 1.11. The van der Waals surface area contributed by atoms with Crippen LogP contribution in [0.2, 0.25) is 0 Å². The minimum Gasteiger partial charge on any atom is -0.366 e. The third-order valence-electron chi connectivity index (χ3n) is 1.66. The van der Waals surface area contributed by atoms with E-state index in [1.165, 1.54) is 19.1 Å². The van der Waals surface area contributed by atoms with Crippen molar-refractivity contribution in [1.82, 2.24) is 0 Å². The van der Waals surface area contributed by atoms with Crippen molar-refractivity contribution in [3.05, 3.63) is 35.4 Å². The molecule has 17 heavy (non-hydrogen) atoms. The molecule has 2 nitrogen and oxygen atoms in total. The highest BCUT2D eigenvalue weighted by Crippen LogP contribution is 2.30. The van der Waals surface area contributed by atoms with E-state index in [2.05, 4.69) is 10.1 Å². The Bertz CT molecular complexity index is 454. The zero-order valence-electron chi connectivity index (χ0n) is 8.67. The Hall–Kier alpha value is -1.61. The maximum atomic E-state index is 11.7. The van der Waals surface area contributed by atoms with Crippen molar-refractivity contribution in [2.45, 2.75) is 12.4 Å². The van der Waals surface area contributed by atoms with Crippen molar-refractivity contribution in [3.8, 4) is 12.0 Å². The second-order valence-corrected chi connectivity index (χ2v) is 3.77. The lowest BCUT2D eigenvalue weighted by atomic mass is 10.1. The van der Waals surface area contributed by atoms with Gasteiger partial charge in [-0.3, -0.25) is 4.79 Å². The summed E-state index contributed by atoms with van der Waals surface area (Å²) in [5, 5.41) is 0. The van der Waals surface area contributed by atoms with Crippen LogP contribution in [-0.4, -0.2) is 11.3 Å². The number of halogens is 3. The molecule has 0 N–H and O–H groups in total. The highest BCUT2D eigenvalue weighted by atomic mass is 32.2. The molecule has 0 saturated heterocycles. The molecule has 0 spiro atoms. The van der Waals surface area contributed by atoms with Gasteiger partial charge in [0.15, 0.2) is 17.8 Å². The van der Waals surface area contributed by atoms with Crippen LogP contribution in [0.25, 0.3) is 0 Å². The first-order valence-electron chi connectivity index (χ1n) is 4.42. The topological polar surface area (TPSA) is 26.3 Å². The number of hydrogen-bond donors (Lipinski definition) is 0. The van der Waals surface area contributed by atoms with E-state index in [1.807, 2.05) is 6.11 Å². The fraction of sp³-hybridized carbons (Fsp3) is 0.182. The zero-order chi connectivity index (χ0) is 12.9. The summed E-state index contributed by atoms with van der Waals surface area (Å²) in [5.74, 6) is 2.29. The maximum absolute atomic E-state index is 11.7. The Balaban J connectivity index is 2.58. The molecular weight excluding hydrogens is 253 g/mol. The van der Waals surface area contributed by atoms with Crippen LogP contribution in [0.3, 0.4) is 0 Å². The van der Waals surface area contributed by atoms with Crippen molar-refractivity contribution in [1.29, 1.82) is 0 Å². The molecule has 0 fully saturated rings. The maximum Gasteiger partial charge on any atom is 0.480 e. The first-order chi connectivity index (χ1) is 7.88. The quantitative estimate of drug-likeness (QED) is 0.463. The molecule has 0 atom stereocenters. The van der Waals surface area contributed by atoms with Gasteiger partial charge in [-0.05, 0) is 25.0 Å². The molecule has 0 unspecified atom stereocenters. The Morgan fingerprint density at radius 3 is 2.35 bits per heavy atom. The first kappa shape index (κ1) is 13.5. The molecule has 6 heteroatoms. The van der Waals surface area contributed by atoms with E-state index in [0.717, 1.165) is 0 Å². The molecule has 0 amide bonds. The number of benzene rings is 1. The van der Waals surface area contributed by atoms with Gasteiger partial charge in [-0.15, -0.1) is 0 Å². The largest absolute Gasteiger partial charge is 0.480 e. The molecule has 0 aliphatic heterocycles. The van der Waals surface area contributed by atoms with Crippen molar-refractivity contribution < 1.29 is 22.1 Å². The molecule has 0 saturated carbocycles. The van der Waals surface area contributed by atoms with Crippen molar-refractivity contribution in [2.24, 2.45) is 0 Å². The van der Waals surface area contributed by atoms with Gasteiger partial charge in [0.05, 0.1) is 0 Å². The molecule has 0 bridgehead atoms. The monoisotopic (exact) mass is 260 g/mol. The summed E-state index contributed by atoms with van der Waals surface area (Å²) < 4.78 is 39.0. The van der Waals surface area contributed by atoms with Crippen molar-refractivity contribution in [3.63, 3.8) is 0 Å². The van der Waals surface area contributed by atoms with Crippen LogP contribution in [0.4, 0.5) is 13.2 Å². The van der Waals surface area contributed by atoms with Gasteiger partial charge in [0, 0.05) is 11.1 Å². The lowest BCUT2D eigenvalue weighted by Crippen LogP contribution is -1.98. The third kappa shape index (κ3) is 5.31. The molecule has 1 rings (SSSR count). The van der Waals surface area contributed by atoms with Gasteiger partial charge in [-0.1, -0.05) is 12.1 Å². The standard InChI is InChI=1S/C11H7F3O2S/c1-8(15)10-4-2-9(3-5-10)6-7-16-17-11(12,13)14/h2-5H,1H3. The summed E-state index contributed by atoms with van der Waals surface area (Å²) in [6.07, 6.45) is 1.91. The summed E-state index contributed by atoms with van der Waals surface area (Å²) >= 11 is -0.667. The Morgan fingerprint density at radius 1 is 1.29 bits per heavy atom. The van der Waals surface area contributed by atoms with Gasteiger partial charge < -0.3 is 4.18 Å². The number of carbonyl (C=O) groups is 1. The van der Waals surface area contributed by atoms with Crippen LogP contribution in [0.5, 0.6) is 0 Å². The number of rotatable bonds is 2. The van der Waals surface area contributed by atoms with Crippen LogP contribution in [-0.2, 0) is 4.18 Å². The minimum atomic E-state index is -4.47. The molecular formula is C11H7F3O2S. The molecule has 0 aromatic heterocycles. The van der Waals surface area contributed by atoms with Crippen LogP contribution in [0.15, 0.2) is 24.3 Å². The zero-order valence-corrected chi connectivity index (χ0v) is 9.48. The van der Waals surface area contributed by atoms with Gasteiger partial charge in [-0.2, -0.15) is 13.2 Å². The third-order valence-corrected chi connectivity index (χ3v) is 2.02. The summed E-state index contributed by atoms with van der Waals surface area (Å²) in [6, 6.07) is 6.16. The molecule has 0 aliphatic rings. The Kier molecular flexibility index (Phi) is 4.46. The smallest absolute Gasteiger partial charge is 0.366 e. The lowest BCUT2D eigenvalue weighted by molar-refractivity contribution is -0.0375. The number of alkyl halides is 3. The predicted molar refractivity (Wildman–Crippen MR) is 58.1 cm³/mol. The molecule has 90 valence electrons. The van der Waals surface area contributed by atoms with E-state index in [0.29, 0.717) is 11.1 Å². The summed E-state index contributed by atoms with van der Waals surface area (Å²) in [6.45, 7) is 1.42. The van der Waals surface area contributed by atoms with Crippen LogP contribution in [0.1, 0.15) is 22.8 Å². The SMILES string of the molecule is CC(=O)c1ccc(C#COSC(F)(F)F)cc1. The summed E-state index contributed by atoms with van der Waals surface area (Å²) in [7, 11) is 0. The van der Waals surface area contributed by atoms with Gasteiger partial charge in [-0.25, -0.2) is 0 Å². The minimum absolute atomic E-state index is 0.0895. The molecule has 0 aliphatic carbocycles. The molecule has 0 heterocycles. The fourth-order valence-electron chi connectivity index (χ4n) is 0.936. The van der Waals surface area contributed by atoms with E-state index in [9.17, 15) is 18.0 Å². The number of hydrogen-bond acceptors (Lipinski definition) is 3. The average molecular weight is 260 g/mol. The second-order valence-electron chi connectivity index (χ2n) is 2.97. The van der Waals surface area contributed by atoms with Crippen LogP contribution >= 0.6 is 12.0 Å². The van der Waals surface area contributed by atoms with Crippen LogP contribution < -0.4 is 0 Å². The first-order valence-corrected chi connectivity index (χ1v) is 5.16. The second kappa shape index (κ2) is 5.64. The van der Waals surface area contributed by atoms with Crippen LogP contribution in [0, 0.1) is 12.0 Å². The number of carbonyl (C=O) groups excluding carboxylic acids is 1. The Labute approximate surface area is 100 Å². The average Bonchev–Trinajstić information content (AvgIpc) is 2.24. The highest BCUT2D eigenvalue weighted by molar-refractivity contribution is 7.95. The lowest BCUT2D eigenvalue weighted by Gasteiger charge is -1.99. The van der Waals surface area contributed by atoms with Gasteiger partial charge in [0.1, 0.15) is 6.11 Å². The summed E-state index contributed by atoms with van der Waals surface area (Å²) in [5.41, 5.74) is -3.48. The van der Waals surface area contributed by atoms with Gasteiger partial charge in [0.25, 0.3) is 0 Å². The van der Waals surface area contributed by atoms with Gasteiger partial charge in [0.2, 0.25) is 0 Å². The van der Waals surface area contributed by atoms with E-state index >= 15 is 0 Å².